The lowest BCUT2D eigenvalue weighted by Gasteiger charge is -2.22. The van der Waals surface area contributed by atoms with Crippen LogP contribution >= 0.6 is 0 Å². The predicted octanol–water partition coefficient (Wildman–Crippen LogP) is 1.53. The quantitative estimate of drug-likeness (QED) is 0.792. The Morgan fingerprint density at radius 3 is 2.23 bits per heavy atom. The highest BCUT2D eigenvalue weighted by atomic mass is 16.2. The molecule has 0 aliphatic heterocycles. The molecule has 1 aromatic carbocycles. The summed E-state index contributed by atoms with van der Waals surface area (Å²) in [7, 11) is 4.03. The Hall–Kier alpha value is -1.88. The monoisotopic (exact) mass is 305 g/mol. The van der Waals surface area contributed by atoms with Crippen molar-refractivity contribution in [3.05, 3.63) is 35.4 Å². The number of amides is 2. The summed E-state index contributed by atoms with van der Waals surface area (Å²) in [6, 6.07) is 7.45. The van der Waals surface area contributed by atoms with Gasteiger partial charge in [-0.15, -0.1) is 0 Å². The molecule has 0 atom stereocenters. The fourth-order valence-electron chi connectivity index (χ4n) is 2.12. The van der Waals surface area contributed by atoms with Crippen molar-refractivity contribution < 1.29 is 9.59 Å². The van der Waals surface area contributed by atoms with Crippen molar-refractivity contribution in [3.63, 3.8) is 0 Å². The first kappa shape index (κ1) is 18.2. The fourth-order valence-corrected chi connectivity index (χ4v) is 2.12. The minimum atomic E-state index is -0.100. The molecule has 0 unspecified atom stereocenters. The summed E-state index contributed by atoms with van der Waals surface area (Å²) < 4.78 is 0. The third kappa shape index (κ3) is 6.72. The van der Waals surface area contributed by atoms with Gasteiger partial charge in [0.25, 0.3) is 5.91 Å². The van der Waals surface area contributed by atoms with Crippen LogP contribution in [0.1, 0.15) is 29.3 Å². The molecule has 5 nitrogen and oxygen atoms in total. The number of nitrogens with one attached hydrogen (secondary N) is 1. The summed E-state index contributed by atoms with van der Waals surface area (Å²) in [5.74, 6) is -0.0554. The van der Waals surface area contributed by atoms with Crippen LogP contribution in [0, 0.1) is 6.92 Å². The first-order valence-corrected chi connectivity index (χ1v) is 7.65. The Balaban J connectivity index is 2.37. The van der Waals surface area contributed by atoms with Crippen molar-refractivity contribution in [2.75, 3.05) is 40.3 Å². The lowest BCUT2D eigenvalue weighted by atomic mass is 10.1. The summed E-state index contributed by atoms with van der Waals surface area (Å²) in [4.78, 5) is 27.5. The average Bonchev–Trinajstić information content (AvgIpc) is 2.45. The molecule has 2 amide bonds. The lowest BCUT2D eigenvalue weighted by molar-refractivity contribution is -0.128. The first-order valence-electron chi connectivity index (χ1n) is 7.65. The highest BCUT2D eigenvalue weighted by Gasteiger charge is 2.10. The molecule has 0 spiro atoms. The number of hydrogen-bond acceptors (Lipinski definition) is 3. The van der Waals surface area contributed by atoms with E-state index >= 15 is 0 Å². The molecule has 5 heteroatoms. The van der Waals surface area contributed by atoms with Crippen LogP contribution in [0.5, 0.6) is 0 Å². The van der Waals surface area contributed by atoms with E-state index in [9.17, 15) is 9.59 Å². The number of rotatable bonds is 8. The van der Waals surface area contributed by atoms with Crippen LogP contribution in [-0.2, 0) is 4.79 Å². The topological polar surface area (TPSA) is 52.7 Å². The summed E-state index contributed by atoms with van der Waals surface area (Å²) in [6.07, 6.45) is 0.929. The number of hydrogen-bond donors (Lipinski definition) is 1. The van der Waals surface area contributed by atoms with Crippen molar-refractivity contribution in [2.24, 2.45) is 0 Å². The lowest BCUT2D eigenvalue weighted by Crippen LogP contribution is -2.38. The predicted molar refractivity (Wildman–Crippen MR) is 88.9 cm³/mol. The second kappa shape index (κ2) is 9.20. The Bertz CT molecular complexity index is 483. The van der Waals surface area contributed by atoms with Crippen LogP contribution in [0.25, 0.3) is 0 Å². The Morgan fingerprint density at radius 2 is 1.68 bits per heavy atom. The molecule has 0 heterocycles. The molecule has 0 bridgehead atoms. The highest BCUT2D eigenvalue weighted by Crippen LogP contribution is 2.02. The molecular formula is C17H27N3O2. The van der Waals surface area contributed by atoms with Gasteiger partial charge in [-0.3, -0.25) is 9.59 Å². The standard InChI is InChI=1S/C17H27N3O2/c1-14-6-8-16(9-7-14)17(22)18-10-13-20(15(2)21)12-5-11-19(3)4/h6-9H,5,10-13H2,1-4H3,(H,18,22). The van der Waals surface area contributed by atoms with E-state index in [1.807, 2.05) is 45.3 Å². The Morgan fingerprint density at radius 1 is 1.05 bits per heavy atom. The molecule has 1 rings (SSSR count). The van der Waals surface area contributed by atoms with E-state index < -0.39 is 0 Å². The molecule has 0 aliphatic rings. The molecule has 0 aliphatic carbocycles. The maximum absolute atomic E-state index is 12.0. The number of carbonyl (C=O) groups excluding carboxylic acids is 2. The van der Waals surface area contributed by atoms with E-state index in [2.05, 4.69) is 10.2 Å². The molecule has 1 N–H and O–H groups in total. The molecule has 0 radical (unpaired) electrons. The molecule has 0 fully saturated rings. The maximum atomic E-state index is 12.0. The molecule has 122 valence electrons. The average molecular weight is 305 g/mol. The number of benzene rings is 1. The van der Waals surface area contributed by atoms with Gasteiger partial charge in [0.2, 0.25) is 5.91 Å². The van der Waals surface area contributed by atoms with Crippen LogP contribution in [-0.4, -0.2) is 61.9 Å². The molecule has 0 saturated heterocycles. The number of aryl methyl sites for hydroxylation is 1. The van der Waals surface area contributed by atoms with Crippen molar-refractivity contribution in [1.29, 1.82) is 0 Å². The smallest absolute Gasteiger partial charge is 0.251 e. The maximum Gasteiger partial charge on any atom is 0.251 e. The second-order valence-corrected chi connectivity index (χ2v) is 5.78. The number of carbonyl (C=O) groups is 2. The zero-order valence-corrected chi connectivity index (χ0v) is 14.1. The molecular weight excluding hydrogens is 278 g/mol. The summed E-state index contributed by atoms with van der Waals surface area (Å²) in [6.45, 7) is 6.22. The van der Waals surface area contributed by atoms with Crippen LogP contribution in [0.4, 0.5) is 0 Å². The van der Waals surface area contributed by atoms with Gasteiger partial charge in [0, 0.05) is 32.1 Å². The summed E-state index contributed by atoms with van der Waals surface area (Å²) >= 11 is 0. The number of nitrogens with zero attached hydrogens (tertiary/aromatic N) is 2. The second-order valence-electron chi connectivity index (χ2n) is 5.78. The minimum Gasteiger partial charge on any atom is -0.350 e. The Labute approximate surface area is 133 Å². The van der Waals surface area contributed by atoms with Gasteiger partial charge in [-0.25, -0.2) is 0 Å². The zero-order chi connectivity index (χ0) is 16.5. The van der Waals surface area contributed by atoms with Gasteiger partial charge in [0.15, 0.2) is 0 Å². The first-order chi connectivity index (χ1) is 10.4. The van der Waals surface area contributed by atoms with Crippen LogP contribution in [0.2, 0.25) is 0 Å². The van der Waals surface area contributed by atoms with E-state index in [1.165, 1.54) is 0 Å². The summed E-state index contributed by atoms with van der Waals surface area (Å²) in [5.41, 5.74) is 1.77. The van der Waals surface area contributed by atoms with E-state index in [0.29, 0.717) is 25.2 Å². The normalized spacial score (nSPS) is 10.6. The van der Waals surface area contributed by atoms with Gasteiger partial charge in [0.1, 0.15) is 0 Å². The summed E-state index contributed by atoms with van der Waals surface area (Å²) in [5, 5.41) is 2.86. The van der Waals surface area contributed by atoms with Gasteiger partial charge < -0.3 is 15.1 Å². The van der Waals surface area contributed by atoms with E-state index in [-0.39, 0.29) is 11.8 Å². The molecule has 22 heavy (non-hydrogen) atoms. The van der Waals surface area contributed by atoms with Gasteiger partial charge in [-0.1, -0.05) is 17.7 Å². The van der Waals surface area contributed by atoms with Crippen LogP contribution in [0.3, 0.4) is 0 Å². The molecule has 1 aromatic rings. The van der Waals surface area contributed by atoms with Gasteiger partial charge in [-0.05, 0) is 46.1 Å². The minimum absolute atomic E-state index is 0.0448. The van der Waals surface area contributed by atoms with E-state index in [4.69, 9.17) is 0 Å². The zero-order valence-electron chi connectivity index (χ0n) is 14.1. The van der Waals surface area contributed by atoms with Gasteiger partial charge in [0.05, 0.1) is 0 Å². The van der Waals surface area contributed by atoms with Gasteiger partial charge in [-0.2, -0.15) is 0 Å². The van der Waals surface area contributed by atoms with Gasteiger partial charge >= 0.3 is 0 Å². The van der Waals surface area contributed by atoms with Crippen molar-refractivity contribution in [2.45, 2.75) is 20.3 Å². The van der Waals surface area contributed by atoms with E-state index in [1.54, 1.807) is 11.8 Å². The molecule has 0 saturated carbocycles. The molecule has 0 aromatic heterocycles. The third-order valence-electron chi connectivity index (χ3n) is 3.46. The van der Waals surface area contributed by atoms with Crippen LogP contribution in [0.15, 0.2) is 24.3 Å². The Kier molecular flexibility index (Phi) is 7.60. The third-order valence-corrected chi connectivity index (χ3v) is 3.46. The largest absolute Gasteiger partial charge is 0.350 e. The van der Waals surface area contributed by atoms with Crippen molar-refractivity contribution >= 4 is 11.8 Å². The SMILES string of the molecule is CC(=O)N(CCCN(C)C)CCNC(=O)c1ccc(C)cc1. The van der Waals surface area contributed by atoms with Crippen molar-refractivity contribution in [3.8, 4) is 0 Å². The highest BCUT2D eigenvalue weighted by molar-refractivity contribution is 5.94. The van der Waals surface area contributed by atoms with E-state index in [0.717, 1.165) is 18.5 Å². The van der Waals surface area contributed by atoms with Crippen LogP contribution < -0.4 is 5.32 Å². The van der Waals surface area contributed by atoms with Crippen molar-refractivity contribution in [1.82, 2.24) is 15.1 Å². The fraction of sp³-hybridized carbons (Fsp3) is 0.529.